The largest absolute Gasteiger partial charge is 0.313 e. The van der Waals surface area contributed by atoms with Crippen LogP contribution in [-0.4, -0.2) is 12.6 Å². The predicted molar refractivity (Wildman–Crippen MR) is 57.4 cm³/mol. The van der Waals surface area contributed by atoms with Crippen LogP contribution < -0.4 is 5.32 Å². The molecule has 0 aliphatic heterocycles. The van der Waals surface area contributed by atoms with Gasteiger partial charge in [0.25, 0.3) is 0 Å². The fourth-order valence-corrected chi connectivity index (χ4v) is 2.01. The van der Waals surface area contributed by atoms with Crippen molar-refractivity contribution in [3.05, 3.63) is 0 Å². The average molecular weight is 179 g/mol. The minimum absolute atomic E-state index is 0.530. The minimum Gasteiger partial charge on any atom is -0.313 e. The Morgan fingerprint density at radius 1 is 1.62 bits per heavy atom. The van der Waals surface area contributed by atoms with E-state index in [1.807, 2.05) is 0 Å². The molecule has 0 bridgehead atoms. The first-order valence-corrected chi connectivity index (χ1v) is 5.28. The Hall–Kier alpha value is -0.480. The first kappa shape index (κ1) is 10.6. The average Bonchev–Trinajstić information content (AvgIpc) is 2.69. The van der Waals surface area contributed by atoms with Gasteiger partial charge in [0.15, 0.2) is 0 Å². The second-order valence-electron chi connectivity index (χ2n) is 4.77. The van der Waals surface area contributed by atoms with Crippen LogP contribution in [-0.2, 0) is 0 Å². The van der Waals surface area contributed by atoms with Gasteiger partial charge in [-0.25, -0.2) is 0 Å². The summed E-state index contributed by atoms with van der Waals surface area (Å²) < 4.78 is 0. The maximum absolute atomic E-state index is 5.37. The predicted octanol–water partition coefficient (Wildman–Crippen LogP) is 2.42. The second kappa shape index (κ2) is 4.15. The minimum atomic E-state index is 0.530. The Balaban J connectivity index is 2.36. The Kier molecular flexibility index (Phi) is 3.39. The first-order chi connectivity index (χ1) is 6.11. The smallest absolute Gasteiger partial charge is 0.0243 e. The molecule has 0 amide bonds. The lowest BCUT2D eigenvalue weighted by Gasteiger charge is -2.17. The van der Waals surface area contributed by atoms with E-state index in [0.717, 1.165) is 18.9 Å². The lowest BCUT2D eigenvalue weighted by molar-refractivity contribution is 0.410. The van der Waals surface area contributed by atoms with Gasteiger partial charge in [-0.3, -0.25) is 0 Å². The normalized spacial score (nSPS) is 26.5. The van der Waals surface area contributed by atoms with Gasteiger partial charge in [-0.05, 0) is 30.7 Å². The van der Waals surface area contributed by atoms with Gasteiger partial charge in [-0.1, -0.05) is 20.8 Å². The summed E-state index contributed by atoms with van der Waals surface area (Å²) in [6.45, 7) is 7.94. The number of rotatable bonds is 5. The molecule has 1 rings (SSSR count). The lowest BCUT2D eigenvalue weighted by Crippen LogP contribution is -2.32. The molecule has 74 valence electrons. The third-order valence-electron chi connectivity index (χ3n) is 3.07. The molecule has 1 heteroatoms. The third kappa shape index (κ3) is 2.74. The van der Waals surface area contributed by atoms with E-state index in [0.29, 0.717) is 11.5 Å². The number of terminal acetylenes is 1. The highest BCUT2D eigenvalue weighted by Gasteiger charge is 2.49. The molecule has 0 heterocycles. The summed E-state index contributed by atoms with van der Waals surface area (Å²) in [5.41, 5.74) is 0.530. The summed E-state index contributed by atoms with van der Waals surface area (Å²) in [7, 11) is 0. The van der Waals surface area contributed by atoms with Crippen LogP contribution >= 0.6 is 0 Å². The summed E-state index contributed by atoms with van der Waals surface area (Å²) >= 11 is 0. The first-order valence-electron chi connectivity index (χ1n) is 5.28. The second-order valence-corrected chi connectivity index (χ2v) is 4.77. The molecule has 0 radical (unpaired) electrons. The van der Waals surface area contributed by atoms with Crippen LogP contribution in [0.3, 0.4) is 0 Å². The fraction of sp³-hybridized carbons (Fsp3) is 0.833. The monoisotopic (exact) mass is 179 g/mol. The molecule has 0 aromatic heterocycles. The molecule has 1 saturated carbocycles. The highest BCUT2D eigenvalue weighted by Crippen LogP contribution is 2.54. The van der Waals surface area contributed by atoms with Crippen LogP contribution in [0.25, 0.3) is 0 Å². The van der Waals surface area contributed by atoms with Crippen molar-refractivity contribution in [3.63, 3.8) is 0 Å². The molecule has 0 spiro atoms. The summed E-state index contributed by atoms with van der Waals surface area (Å²) in [6, 6.07) is 0.556. The van der Waals surface area contributed by atoms with Gasteiger partial charge in [-0.2, -0.15) is 0 Å². The summed E-state index contributed by atoms with van der Waals surface area (Å²) in [4.78, 5) is 0. The Labute approximate surface area is 82.3 Å². The van der Waals surface area contributed by atoms with Crippen molar-refractivity contribution in [1.82, 2.24) is 5.32 Å². The molecule has 2 atom stereocenters. The summed E-state index contributed by atoms with van der Waals surface area (Å²) in [5, 5.41) is 3.55. The van der Waals surface area contributed by atoms with Crippen LogP contribution in [0.1, 0.15) is 40.0 Å². The van der Waals surface area contributed by atoms with Gasteiger partial charge in [0, 0.05) is 12.5 Å². The maximum atomic E-state index is 5.37. The molecule has 0 saturated heterocycles. The van der Waals surface area contributed by atoms with Gasteiger partial charge in [0.05, 0.1) is 0 Å². The highest BCUT2D eigenvalue weighted by atomic mass is 14.9. The molecular weight excluding hydrogens is 158 g/mol. The van der Waals surface area contributed by atoms with Crippen molar-refractivity contribution in [1.29, 1.82) is 0 Å². The Bertz CT molecular complexity index is 200. The molecule has 1 N–H and O–H groups in total. The quantitative estimate of drug-likeness (QED) is 0.639. The van der Waals surface area contributed by atoms with E-state index in [9.17, 15) is 0 Å². The summed E-state index contributed by atoms with van der Waals surface area (Å²) in [6.07, 6.45) is 8.77. The molecular formula is C12H21N. The van der Waals surface area contributed by atoms with Gasteiger partial charge >= 0.3 is 0 Å². The van der Waals surface area contributed by atoms with E-state index in [1.165, 1.54) is 12.8 Å². The Morgan fingerprint density at radius 3 is 2.62 bits per heavy atom. The molecule has 0 aromatic carbocycles. The van der Waals surface area contributed by atoms with Crippen molar-refractivity contribution in [2.45, 2.75) is 46.1 Å². The van der Waals surface area contributed by atoms with Crippen LogP contribution in [0.5, 0.6) is 0 Å². The van der Waals surface area contributed by atoms with Crippen LogP contribution in [0.4, 0.5) is 0 Å². The topological polar surface area (TPSA) is 12.0 Å². The maximum Gasteiger partial charge on any atom is 0.0243 e. The number of hydrogen-bond donors (Lipinski definition) is 1. The molecule has 1 nitrogen and oxygen atoms in total. The highest BCUT2D eigenvalue weighted by molar-refractivity contribution is 5.05. The van der Waals surface area contributed by atoms with Crippen molar-refractivity contribution >= 4 is 0 Å². The zero-order valence-corrected chi connectivity index (χ0v) is 9.06. The standard InChI is InChI=1S/C12H21N/c1-5-7-11(13-8-6-2)10-9-12(10,3)4/h1,10-11,13H,6-9H2,2-4H3. The molecule has 0 aromatic rings. The van der Waals surface area contributed by atoms with Crippen molar-refractivity contribution < 1.29 is 0 Å². The van der Waals surface area contributed by atoms with Crippen LogP contribution in [0.2, 0.25) is 0 Å². The number of hydrogen-bond acceptors (Lipinski definition) is 1. The zero-order chi connectivity index (χ0) is 9.90. The van der Waals surface area contributed by atoms with E-state index in [4.69, 9.17) is 6.42 Å². The van der Waals surface area contributed by atoms with Crippen molar-refractivity contribution in [2.75, 3.05) is 6.54 Å². The van der Waals surface area contributed by atoms with Gasteiger partial charge < -0.3 is 5.32 Å². The fourth-order valence-electron chi connectivity index (χ4n) is 2.01. The van der Waals surface area contributed by atoms with Gasteiger partial charge in [0.2, 0.25) is 0 Å². The lowest BCUT2D eigenvalue weighted by atomic mass is 10.0. The van der Waals surface area contributed by atoms with Crippen LogP contribution in [0.15, 0.2) is 0 Å². The third-order valence-corrected chi connectivity index (χ3v) is 3.07. The zero-order valence-electron chi connectivity index (χ0n) is 9.06. The van der Waals surface area contributed by atoms with Crippen molar-refractivity contribution in [3.8, 4) is 12.3 Å². The summed E-state index contributed by atoms with van der Waals surface area (Å²) in [5.74, 6) is 3.57. The molecule has 1 aliphatic carbocycles. The molecule has 1 aliphatic rings. The molecule has 1 fully saturated rings. The Morgan fingerprint density at radius 2 is 2.23 bits per heavy atom. The number of nitrogens with one attached hydrogen (secondary N) is 1. The molecule has 13 heavy (non-hydrogen) atoms. The van der Waals surface area contributed by atoms with Gasteiger partial charge in [-0.15, -0.1) is 12.3 Å². The van der Waals surface area contributed by atoms with E-state index >= 15 is 0 Å². The van der Waals surface area contributed by atoms with E-state index in [2.05, 4.69) is 32.0 Å². The van der Waals surface area contributed by atoms with E-state index in [1.54, 1.807) is 0 Å². The molecule has 2 unspecified atom stereocenters. The van der Waals surface area contributed by atoms with Crippen LogP contribution in [0, 0.1) is 23.7 Å². The van der Waals surface area contributed by atoms with E-state index < -0.39 is 0 Å². The van der Waals surface area contributed by atoms with Gasteiger partial charge in [0.1, 0.15) is 0 Å². The van der Waals surface area contributed by atoms with Crippen molar-refractivity contribution in [2.24, 2.45) is 11.3 Å². The van der Waals surface area contributed by atoms with E-state index in [-0.39, 0.29) is 0 Å². The SMILES string of the molecule is C#CCC(NCCC)C1CC1(C)C.